The van der Waals surface area contributed by atoms with E-state index >= 15 is 0 Å². The van der Waals surface area contributed by atoms with Crippen LogP contribution in [0.2, 0.25) is 0 Å². The predicted molar refractivity (Wildman–Crippen MR) is 160 cm³/mol. The number of fused-ring (bicyclic) bond motifs is 1. The molecule has 1 aromatic heterocycles. The van der Waals surface area contributed by atoms with E-state index in [0.717, 1.165) is 27.5 Å². The Bertz CT molecular complexity index is 1560. The summed E-state index contributed by atoms with van der Waals surface area (Å²) in [7, 11) is 0. The van der Waals surface area contributed by atoms with Gasteiger partial charge in [-0.3, -0.25) is 0 Å². The standard InChI is InChI=1S/C33H28BrNS/c1-24-11-7-9-17-32(24)36-33-25(2)12-6-8-16-30(33)26-13-10-22-35(29-14-4-3-5-15-29)31-21-20-28(34)23-27(31)19-18-26/h3-5,7-23H,6H2,1-2H3. The second-order valence-electron chi connectivity index (χ2n) is 8.84. The van der Waals surface area contributed by atoms with Crippen molar-refractivity contribution in [1.29, 1.82) is 0 Å². The molecule has 3 heteroatoms. The van der Waals surface area contributed by atoms with Crippen LogP contribution in [0.1, 0.15) is 24.5 Å². The number of rotatable bonds is 4. The van der Waals surface area contributed by atoms with Crippen LogP contribution in [0.25, 0.3) is 22.2 Å². The number of nitrogens with zero attached hydrogens (tertiary/aromatic N) is 1. The maximum Gasteiger partial charge on any atom is 0.0528 e. The second-order valence-corrected chi connectivity index (χ2v) is 10.8. The highest BCUT2D eigenvalue weighted by Crippen LogP contribution is 2.40. The maximum atomic E-state index is 3.68. The van der Waals surface area contributed by atoms with Gasteiger partial charge in [-0.2, -0.15) is 0 Å². The molecule has 0 aliphatic heterocycles. The minimum Gasteiger partial charge on any atom is -0.317 e. The molecule has 5 rings (SSSR count). The first-order valence-corrected chi connectivity index (χ1v) is 13.7. The van der Waals surface area contributed by atoms with Crippen molar-refractivity contribution in [2.75, 3.05) is 0 Å². The van der Waals surface area contributed by atoms with E-state index in [-0.39, 0.29) is 0 Å². The van der Waals surface area contributed by atoms with E-state index < -0.39 is 0 Å². The Balaban J connectivity index is 1.75. The van der Waals surface area contributed by atoms with E-state index in [4.69, 9.17) is 0 Å². The van der Waals surface area contributed by atoms with Gasteiger partial charge >= 0.3 is 0 Å². The van der Waals surface area contributed by atoms with Crippen molar-refractivity contribution in [2.24, 2.45) is 0 Å². The lowest BCUT2D eigenvalue weighted by molar-refractivity contribution is 1.11. The fourth-order valence-electron chi connectivity index (χ4n) is 4.37. The summed E-state index contributed by atoms with van der Waals surface area (Å²) in [6.07, 6.45) is 9.97. The normalized spacial score (nSPS) is 13.4. The van der Waals surface area contributed by atoms with Gasteiger partial charge in [0.05, 0.1) is 5.52 Å². The van der Waals surface area contributed by atoms with Crippen LogP contribution in [-0.2, 0) is 0 Å². The summed E-state index contributed by atoms with van der Waals surface area (Å²) in [5.41, 5.74) is 7.32. The molecular formula is C33H28BrNS. The molecule has 3 aromatic carbocycles. The van der Waals surface area contributed by atoms with Crippen LogP contribution < -0.4 is 0 Å². The van der Waals surface area contributed by atoms with Gasteiger partial charge in [0.1, 0.15) is 0 Å². The van der Waals surface area contributed by atoms with Crippen LogP contribution in [0, 0.1) is 6.92 Å². The summed E-state index contributed by atoms with van der Waals surface area (Å²) in [4.78, 5) is 2.59. The fourth-order valence-corrected chi connectivity index (χ4v) is 5.89. The number of hydrogen-bond donors (Lipinski definition) is 0. The highest BCUT2D eigenvalue weighted by molar-refractivity contribution is 9.10. The highest BCUT2D eigenvalue weighted by Gasteiger charge is 2.14. The molecule has 1 aliphatic carbocycles. The van der Waals surface area contributed by atoms with Crippen LogP contribution in [0.5, 0.6) is 0 Å². The molecule has 36 heavy (non-hydrogen) atoms. The van der Waals surface area contributed by atoms with Crippen molar-refractivity contribution in [3.63, 3.8) is 0 Å². The fraction of sp³-hybridized carbons (Fsp3) is 0.0909. The zero-order valence-corrected chi connectivity index (χ0v) is 22.9. The highest BCUT2D eigenvalue weighted by atomic mass is 79.9. The second kappa shape index (κ2) is 11.2. The van der Waals surface area contributed by atoms with E-state index in [0.29, 0.717) is 0 Å². The minimum absolute atomic E-state index is 0.942. The Morgan fingerprint density at radius 1 is 0.806 bits per heavy atom. The molecule has 0 amide bonds. The molecular weight excluding hydrogens is 522 g/mol. The molecule has 4 aromatic rings. The number of hydrogen-bond acceptors (Lipinski definition) is 1. The zero-order valence-electron chi connectivity index (χ0n) is 20.5. The van der Waals surface area contributed by atoms with E-state index in [9.17, 15) is 0 Å². The number of allylic oxidation sites excluding steroid dienone is 5. The number of halogens is 1. The van der Waals surface area contributed by atoms with Gasteiger partial charge in [-0.15, -0.1) is 0 Å². The Kier molecular flexibility index (Phi) is 7.60. The summed E-state index contributed by atoms with van der Waals surface area (Å²) in [6, 6.07) is 34.4. The molecule has 0 N–H and O–H groups in total. The molecule has 0 fully saturated rings. The molecule has 1 aliphatic rings. The lowest BCUT2D eigenvalue weighted by Gasteiger charge is -2.14. The van der Waals surface area contributed by atoms with Crippen molar-refractivity contribution in [1.82, 2.24) is 4.57 Å². The Hall–Kier alpha value is -3.27. The monoisotopic (exact) mass is 549 g/mol. The van der Waals surface area contributed by atoms with Crippen molar-refractivity contribution in [3.8, 4) is 5.69 Å². The molecule has 1 nitrogen and oxygen atoms in total. The third-order valence-corrected chi connectivity index (χ3v) is 8.22. The minimum atomic E-state index is 0.942. The first kappa shape index (κ1) is 24.4. The zero-order chi connectivity index (χ0) is 24.9. The number of benzene rings is 3. The molecule has 0 bridgehead atoms. The van der Waals surface area contributed by atoms with Crippen molar-refractivity contribution >= 4 is 44.2 Å². The average molecular weight is 551 g/mol. The smallest absolute Gasteiger partial charge is 0.0528 e. The Morgan fingerprint density at radius 3 is 2.44 bits per heavy atom. The van der Waals surface area contributed by atoms with Gasteiger partial charge in [0.25, 0.3) is 0 Å². The van der Waals surface area contributed by atoms with E-state index in [1.807, 2.05) is 11.8 Å². The Labute approximate surface area is 226 Å². The summed E-state index contributed by atoms with van der Waals surface area (Å²) in [6.45, 7) is 4.41. The average Bonchev–Trinajstić information content (AvgIpc) is 3.01. The first-order chi connectivity index (χ1) is 17.6. The van der Waals surface area contributed by atoms with Crippen molar-refractivity contribution in [2.45, 2.75) is 25.2 Å². The van der Waals surface area contributed by atoms with Gasteiger partial charge in [0.2, 0.25) is 0 Å². The van der Waals surface area contributed by atoms with Crippen LogP contribution in [-0.4, -0.2) is 4.57 Å². The first-order valence-electron chi connectivity index (χ1n) is 12.1. The molecule has 178 valence electrons. The summed E-state index contributed by atoms with van der Waals surface area (Å²) in [5, 5.41) is 1.16. The molecule has 0 saturated heterocycles. The lowest BCUT2D eigenvalue weighted by Crippen LogP contribution is -1.93. The van der Waals surface area contributed by atoms with Crippen LogP contribution in [0.4, 0.5) is 0 Å². The molecule has 0 atom stereocenters. The van der Waals surface area contributed by atoms with E-state index in [1.165, 1.54) is 32.1 Å². The van der Waals surface area contributed by atoms with E-state index in [1.54, 1.807) is 0 Å². The number of thioether (sulfide) groups is 1. The topological polar surface area (TPSA) is 4.93 Å². The quantitative estimate of drug-likeness (QED) is 0.245. The molecule has 0 spiro atoms. The van der Waals surface area contributed by atoms with Gasteiger partial charge < -0.3 is 4.57 Å². The molecule has 0 unspecified atom stereocenters. The lowest BCUT2D eigenvalue weighted by atomic mass is 10.0. The summed E-state index contributed by atoms with van der Waals surface area (Å²) >= 11 is 5.54. The molecule has 0 radical (unpaired) electrons. The third-order valence-electron chi connectivity index (χ3n) is 6.30. The number of para-hydroxylation sites is 1. The van der Waals surface area contributed by atoms with Crippen LogP contribution >= 0.6 is 27.7 Å². The van der Waals surface area contributed by atoms with Gasteiger partial charge in [-0.1, -0.05) is 101 Å². The predicted octanol–water partition coefficient (Wildman–Crippen LogP) is 10.2. The van der Waals surface area contributed by atoms with Gasteiger partial charge in [0, 0.05) is 26.2 Å². The summed E-state index contributed by atoms with van der Waals surface area (Å²) < 4.78 is 3.31. The van der Waals surface area contributed by atoms with E-state index in [2.05, 4.69) is 156 Å². The molecule has 1 heterocycles. The maximum absolute atomic E-state index is 3.68. The Morgan fingerprint density at radius 2 is 1.61 bits per heavy atom. The van der Waals surface area contributed by atoms with Gasteiger partial charge in [-0.25, -0.2) is 0 Å². The largest absolute Gasteiger partial charge is 0.317 e. The van der Waals surface area contributed by atoms with Crippen LogP contribution in [0.3, 0.4) is 0 Å². The number of aromatic nitrogens is 1. The number of aryl methyl sites for hydroxylation is 1. The van der Waals surface area contributed by atoms with Crippen molar-refractivity contribution in [3.05, 3.63) is 148 Å². The SMILES string of the molecule is CC1=CCC=CC(c2cccn(-c3ccccc3)c3ccc(Br)cc3cc2)=C1Sc1ccccc1C. The van der Waals surface area contributed by atoms with Gasteiger partial charge in [-0.05, 0) is 90.4 Å². The van der Waals surface area contributed by atoms with Gasteiger partial charge in [0.15, 0.2) is 0 Å². The molecule has 0 saturated carbocycles. The van der Waals surface area contributed by atoms with Crippen molar-refractivity contribution < 1.29 is 0 Å². The van der Waals surface area contributed by atoms with Crippen LogP contribution in [0.15, 0.2) is 141 Å². The summed E-state index contributed by atoms with van der Waals surface area (Å²) in [5.74, 6) is 0. The third kappa shape index (κ3) is 5.43.